The second-order valence-corrected chi connectivity index (χ2v) is 11.8. The first-order valence-corrected chi connectivity index (χ1v) is 14.0. The molecule has 2 aliphatic rings. The van der Waals surface area contributed by atoms with Crippen LogP contribution in [0.4, 0.5) is 5.82 Å². The number of fused-ring (bicyclic) bond motifs is 3. The van der Waals surface area contributed by atoms with E-state index in [0.29, 0.717) is 46.8 Å². The lowest BCUT2D eigenvalue weighted by molar-refractivity contribution is -0.138. The number of nitrogen functional groups attached to an aromatic ring is 1. The minimum absolute atomic E-state index is 0.00620. The zero-order valence-corrected chi connectivity index (χ0v) is 21.6. The number of amides is 1. The Balaban J connectivity index is 1.44. The molecule has 14 nitrogen and oxygen atoms in total. The van der Waals surface area contributed by atoms with E-state index in [1.807, 2.05) is 6.07 Å². The van der Waals surface area contributed by atoms with Crippen molar-refractivity contribution in [1.82, 2.24) is 44.7 Å². The molecular formula is C23H26N10O4S. The fourth-order valence-electron chi connectivity index (χ4n) is 5.84. The minimum Gasteiger partial charge on any atom is -0.387 e. The standard InChI is InChI=1S/C23H26N10O4S/c1-31-29-22(28-30-31)17-6-3-12(9-25-17)16-10-26-33-21(24)20(38(2,36)37)19(27-23(16)33)13-7-14-4-5-15(8-13)32(14)18(35)11-34/h3,6,9-10,13-15,34H,4-5,7-8,11,24H2,1-2H3/t13?,14-,15?/m0/s1. The van der Waals surface area contributed by atoms with E-state index < -0.39 is 16.4 Å². The Morgan fingerprint density at radius 2 is 1.92 bits per heavy atom. The summed E-state index contributed by atoms with van der Waals surface area (Å²) in [5.41, 5.74) is 9.13. The molecule has 38 heavy (non-hydrogen) atoms. The van der Waals surface area contributed by atoms with Gasteiger partial charge in [0.1, 0.15) is 23.0 Å². The smallest absolute Gasteiger partial charge is 0.248 e. The van der Waals surface area contributed by atoms with E-state index in [2.05, 4.69) is 25.5 Å². The van der Waals surface area contributed by atoms with Gasteiger partial charge in [0.15, 0.2) is 15.5 Å². The van der Waals surface area contributed by atoms with Gasteiger partial charge in [0.2, 0.25) is 11.7 Å². The molecule has 2 fully saturated rings. The highest BCUT2D eigenvalue weighted by molar-refractivity contribution is 7.91. The van der Waals surface area contributed by atoms with Gasteiger partial charge in [0, 0.05) is 41.6 Å². The summed E-state index contributed by atoms with van der Waals surface area (Å²) in [5.74, 6) is -0.138. The molecule has 0 aliphatic carbocycles. The molecule has 1 amide bonds. The van der Waals surface area contributed by atoms with Gasteiger partial charge in [-0.05, 0) is 37.0 Å². The molecule has 0 aromatic carbocycles. The molecular weight excluding hydrogens is 512 g/mol. The Hall–Kier alpha value is -3.98. The number of aryl methyl sites for hydroxylation is 1. The van der Waals surface area contributed by atoms with Crippen molar-refractivity contribution in [2.45, 2.75) is 48.6 Å². The van der Waals surface area contributed by atoms with Gasteiger partial charge in [-0.25, -0.2) is 13.4 Å². The number of aromatic nitrogens is 8. The number of sulfone groups is 1. The van der Waals surface area contributed by atoms with Crippen LogP contribution in [0, 0.1) is 0 Å². The third-order valence-corrected chi connectivity index (χ3v) is 8.55. The summed E-state index contributed by atoms with van der Waals surface area (Å²) in [7, 11) is -2.08. The van der Waals surface area contributed by atoms with Crippen LogP contribution in [0.25, 0.3) is 28.3 Å². The van der Waals surface area contributed by atoms with Gasteiger partial charge in [-0.1, -0.05) is 6.07 Å². The van der Waals surface area contributed by atoms with Gasteiger partial charge in [0.05, 0.1) is 18.9 Å². The van der Waals surface area contributed by atoms with E-state index in [9.17, 15) is 18.3 Å². The molecule has 0 spiro atoms. The van der Waals surface area contributed by atoms with Crippen LogP contribution in [0.15, 0.2) is 29.4 Å². The largest absolute Gasteiger partial charge is 0.387 e. The Kier molecular flexibility index (Phi) is 5.64. The zero-order valence-electron chi connectivity index (χ0n) is 20.8. The zero-order chi connectivity index (χ0) is 26.8. The average Bonchev–Trinajstić information content (AvgIpc) is 3.58. The van der Waals surface area contributed by atoms with E-state index in [1.54, 1.807) is 30.4 Å². The Morgan fingerprint density at radius 3 is 2.50 bits per heavy atom. The van der Waals surface area contributed by atoms with Crippen molar-refractivity contribution in [3.63, 3.8) is 0 Å². The van der Waals surface area contributed by atoms with Gasteiger partial charge in [-0.15, -0.1) is 10.2 Å². The van der Waals surface area contributed by atoms with Crippen LogP contribution in [-0.2, 0) is 21.7 Å². The number of hydrogen-bond acceptors (Lipinski definition) is 11. The first-order chi connectivity index (χ1) is 18.2. The topological polar surface area (TPSA) is 187 Å². The van der Waals surface area contributed by atoms with Crippen LogP contribution in [0.1, 0.15) is 37.3 Å². The van der Waals surface area contributed by atoms with Gasteiger partial charge in [-0.3, -0.25) is 9.78 Å². The molecule has 2 saturated heterocycles. The number of piperidine rings is 1. The van der Waals surface area contributed by atoms with Gasteiger partial charge >= 0.3 is 0 Å². The molecule has 4 aromatic heterocycles. The Morgan fingerprint density at radius 1 is 1.18 bits per heavy atom. The van der Waals surface area contributed by atoms with Crippen LogP contribution >= 0.6 is 0 Å². The normalized spacial score (nSPS) is 21.3. The number of hydrogen-bond donors (Lipinski definition) is 2. The average molecular weight is 539 g/mol. The number of carbonyl (C=O) groups excluding carboxylic acids is 1. The molecule has 2 aliphatic heterocycles. The maximum atomic E-state index is 12.9. The molecule has 6 rings (SSSR count). The van der Waals surface area contributed by atoms with Crippen LogP contribution in [0.5, 0.6) is 0 Å². The molecule has 198 valence electrons. The lowest BCUT2D eigenvalue weighted by atomic mass is 9.87. The van der Waals surface area contributed by atoms with E-state index in [1.165, 1.54) is 9.31 Å². The van der Waals surface area contributed by atoms with Gasteiger partial charge < -0.3 is 15.7 Å². The van der Waals surface area contributed by atoms with Crippen molar-refractivity contribution < 1.29 is 18.3 Å². The molecule has 0 saturated carbocycles. The molecule has 6 heterocycles. The van der Waals surface area contributed by atoms with Crippen molar-refractivity contribution in [1.29, 1.82) is 0 Å². The maximum absolute atomic E-state index is 12.9. The molecule has 0 radical (unpaired) electrons. The Bertz CT molecular complexity index is 1650. The van der Waals surface area contributed by atoms with E-state index >= 15 is 0 Å². The monoisotopic (exact) mass is 538 g/mol. The predicted octanol–water partition coefficient (Wildman–Crippen LogP) is 0.197. The summed E-state index contributed by atoms with van der Waals surface area (Å²) in [4.78, 5) is 24.7. The Labute approximate surface area is 217 Å². The predicted molar refractivity (Wildman–Crippen MR) is 134 cm³/mol. The van der Waals surface area contributed by atoms with Crippen molar-refractivity contribution in [2.75, 3.05) is 18.6 Å². The van der Waals surface area contributed by atoms with Crippen LogP contribution < -0.4 is 5.73 Å². The number of nitrogens with two attached hydrogens (primary N) is 1. The highest BCUT2D eigenvalue weighted by Crippen LogP contribution is 2.45. The number of carbonyl (C=O) groups is 1. The first-order valence-electron chi connectivity index (χ1n) is 12.2. The fourth-order valence-corrected chi connectivity index (χ4v) is 6.90. The molecule has 15 heteroatoms. The summed E-state index contributed by atoms with van der Waals surface area (Å²) >= 11 is 0. The fraction of sp³-hybridized carbons (Fsp3) is 0.435. The van der Waals surface area contributed by atoms with Crippen LogP contribution in [0.3, 0.4) is 0 Å². The van der Waals surface area contributed by atoms with Crippen molar-refractivity contribution >= 4 is 27.2 Å². The molecule has 4 aromatic rings. The third-order valence-electron chi connectivity index (χ3n) is 7.39. The SMILES string of the molecule is Cn1nnc(-c2ccc(-c3cnn4c(N)c(S(C)(=O)=O)c(C5CC6CC[C@@H](C5)N6C(=O)CO)nc34)cn2)n1. The van der Waals surface area contributed by atoms with Crippen LogP contribution in [-0.4, -0.2) is 89.1 Å². The van der Waals surface area contributed by atoms with Crippen molar-refractivity contribution in [2.24, 2.45) is 7.05 Å². The number of rotatable bonds is 5. The summed E-state index contributed by atoms with van der Waals surface area (Å²) in [5, 5.41) is 25.7. The highest BCUT2D eigenvalue weighted by Gasteiger charge is 2.45. The summed E-state index contributed by atoms with van der Waals surface area (Å²) < 4.78 is 27.2. The summed E-state index contributed by atoms with van der Waals surface area (Å²) in [6.07, 6.45) is 7.02. The van der Waals surface area contributed by atoms with Gasteiger partial charge in [0.25, 0.3) is 0 Å². The van der Waals surface area contributed by atoms with Crippen molar-refractivity contribution in [3.8, 4) is 22.6 Å². The second kappa shape index (κ2) is 8.80. The number of tetrazole rings is 1. The number of pyridine rings is 1. The molecule has 2 bridgehead atoms. The van der Waals surface area contributed by atoms with Gasteiger partial charge in [-0.2, -0.15) is 14.4 Å². The quantitative estimate of drug-likeness (QED) is 0.353. The van der Waals surface area contributed by atoms with E-state index in [0.717, 1.165) is 19.1 Å². The first kappa shape index (κ1) is 24.4. The lowest BCUT2D eigenvalue weighted by Gasteiger charge is -2.39. The van der Waals surface area contributed by atoms with E-state index in [4.69, 9.17) is 10.7 Å². The van der Waals surface area contributed by atoms with E-state index in [-0.39, 0.29) is 34.6 Å². The molecule has 3 atom stereocenters. The second-order valence-electron chi connectivity index (χ2n) is 9.82. The minimum atomic E-state index is -3.75. The maximum Gasteiger partial charge on any atom is 0.248 e. The number of anilines is 1. The highest BCUT2D eigenvalue weighted by atomic mass is 32.2. The molecule has 2 unspecified atom stereocenters. The summed E-state index contributed by atoms with van der Waals surface area (Å²) in [6.45, 7) is -0.539. The molecule has 3 N–H and O–H groups in total. The lowest BCUT2D eigenvalue weighted by Crippen LogP contribution is -2.47. The third kappa shape index (κ3) is 3.89. The van der Waals surface area contributed by atoms with Crippen molar-refractivity contribution in [3.05, 3.63) is 30.2 Å². The van der Waals surface area contributed by atoms with Crippen LogP contribution in [0.2, 0.25) is 0 Å². The number of nitrogens with zero attached hydrogens (tertiary/aromatic N) is 9. The number of aliphatic hydroxyl groups is 1. The number of aliphatic hydroxyl groups excluding tert-OH is 1. The summed E-state index contributed by atoms with van der Waals surface area (Å²) in [6, 6.07) is 3.43.